The number of anilines is 3. The Morgan fingerprint density at radius 2 is 1.52 bits per heavy atom. The largest absolute Gasteiger partial charge is 0.340 e. The predicted octanol–water partition coefficient (Wildman–Crippen LogP) is 4.03. The van der Waals surface area contributed by atoms with Crippen molar-refractivity contribution in [3.8, 4) is 11.3 Å². The molecule has 0 atom stereocenters. The minimum absolute atomic E-state index is 0.797. The topological polar surface area (TPSA) is 44.3 Å². The number of nitrogens with one attached hydrogen (secondary N) is 1. The third kappa shape index (κ3) is 4.26. The van der Waals surface area contributed by atoms with Crippen molar-refractivity contribution in [3.05, 3.63) is 66.7 Å². The van der Waals surface area contributed by atoms with Gasteiger partial charge in [-0.3, -0.25) is 0 Å². The van der Waals surface area contributed by atoms with Gasteiger partial charge in [-0.05, 0) is 18.7 Å². The van der Waals surface area contributed by atoms with Crippen molar-refractivity contribution in [1.29, 1.82) is 0 Å². The number of piperazine rings is 1. The van der Waals surface area contributed by atoms with Crippen LogP contribution >= 0.6 is 0 Å². The smallest absolute Gasteiger partial charge is 0.227 e. The van der Waals surface area contributed by atoms with Crippen LogP contribution in [0.25, 0.3) is 11.3 Å². The van der Waals surface area contributed by atoms with Crippen molar-refractivity contribution in [1.82, 2.24) is 14.9 Å². The van der Waals surface area contributed by atoms with Gasteiger partial charge in [0.1, 0.15) is 5.82 Å². The minimum atomic E-state index is 0.797. The maximum Gasteiger partial charge on any atom is 0.227 e. The van der Waals surface area contributed by atoms with Gasteiger partial charge in [0.25, 0.3) is 0 Å². The number of para-hydroxylation sites is 1. The Morgan fingerprint density at radius 3 is 2.19 bits per heavy atom. The van der Waals surface area contributed by atoms with Crippen molar-refractivity contribution >= 4 is 17.5 Å². The van der Waals surface area contributed by atoms with E-state index in [1.54, 1.807) is 0 Å². The van der Waals surface area contributed by atoms with Crippen molar-refractivity contribution in [3.63, 3.8) is 0 Å². The molecule has 0 radical (unpaired) electrons. The molecule has 1 aliphatic rings. The first kappa shape index (κ1) is 17.5. The molecule has 2 aromatic carbocycles. The van der Waals surface area contributed by atoms with Crippen molar-refractivity contribution in [2.45, 2.75) is 6.92 Å². The molecule has 4 rings (SSSR count). The first-order chi connectivity index (χ1) is 13.3. The molecule has 0 unspecified atom stereocenters. The first-order valence-electron chi connectivity index (χ1n) is 9.55. The average Bonchev–Trinajstić information content (AvgIpc) is 2.75. The van der Waals surface area contributed by atoms with Gasteiger partial charge in [-0.1, -0.05) is 55.5 Å². The lowest BCUT2D eigenvalue weighted by Gasteiger charge is -2.34. The molecule has 1 aliphatic heterocycles. The van der Waals surface area contributed by atoms with Gasteiger partial charge in [0.2, 0.25) is 5.95 Å². The average molecular weight is 359 g/mol. The van der Waals surface area contributed by atoms with Gasteiger partial charge < -0.3 is 15.1 Å². The molecule has 1 aromatic heterocycles. The fraction of sp³-hybridized carbons (Fsp3) is 0.273. The molecule has 0 amide bonds. The Morgan fingerprint density at radius 1 is 0.852 bits per heavy atom. The SMILES string of the molecule is CCN1CCN(c2nc(Nc3ccccc3)cc(-c3ccccc3)n2)CC1. The summed E-state index contributed by atoms with van der Waals surface area (Å²) in [6.07, 6.45) is 0. The van der Waals surface area contributed by atoms with E-state index in [0.717, 1.165) is 61.4 Å². The van der Waals surface area contributed by atoms with E-state index in [4.69, 9.17) is 9.97 Å². The Labute approximate surface area is 160 Å². The zero-order chi connectivity index (χ0) is 18.5. The molecule has 0 spiro atoms. The van der Waals surface area contributed by atoms with Crippen molar-refractivity contribution in [2.75, 3.05) is 42.9 Å². The first-order valence-corrected chi connectivity index (χ1v) is 9.55. The van der Waals surface area contributed by atoms with E-state index in [1.165, 1.54) is 0 Å². The lowest BCUT2D eigenvalue weighted by Crippen LogP contribution is -2.46. The zero-order valence-corrected chi connectivity index (χ0v) is 15.7. The monoisotopic (exact) mass is 359 g/mol. The molecule has 1 N–H and O–H groups in total. The summed E-state index contributed by atoms with van der Waals surface area (Å²) in [5.41, 5.74) is 3.07. The number of hydrogen-bond acceptors (Lipinski definition) is 5. The standard InChI is InChI=1S/C22H25N5/c1-2-26-13-15-27(16-14-26)22-24-20(18-9-5-3-6-10-18)17-21(25-22)23-19-11-7-4-8-12-19/h3-12,17H,2,13-16H2,1H3,(H,23,24,25). The van der Waals surface area contributed by atoms with Crippen LogP contribution in [0.3, 0.4) is 0 Å². The van der Waals surface area contributed by atoms with Crippen molar-refractivity contribution < 1.29 is 0 Å². The molecule has 2 heterocycles. The van der Waals surface area contributed by atoms with Gasteiger partial charge in [-0.15, -0.1) is 0 Å². The van der Waals surface area contributed by atoms with Crippen LogP contribution in [0.5, 0.6) is 0 Å². The van der Waals surface area contributed by atoms with Crippen LogP contribution in [-0.4, -0.2) is 47.6 Å². The van der Waals surface area contributed by atoms with Crippen molar-refractivity contribution in [2.24, 2.45) is 0 Å². The third-order valence-corrected chi connectivity index (χ3v) is 4.93. The summed E-state index contributed by atoms with van der Waals surface area (Å²) in [5, 5.41) is 3.43. The predicted molar refractivity (Wildman–Crippen MR) is 112 cm³/mol. The van der Waals surface area contributed by atoms with E-state index in [0.29, 0.717) is 0 Å². The summed E-state index contributed by atoms with van der Waals surface area (Å²) < 4.78 is 0. The molecule has 5 heteroatoms. The van der Waals surface area contributed by atoms with E-state index in [2.05, 4.69) is 34.2 Å². The Balaban J connectivity index is 1.66. The number of rotatable bonds is 5. The molecular weight excluding hydrogens is 334 g/mol. The summed E-state index contributed by atoms with van der Waals surface area (Å²) in [4.78, 5) is 14.4. The number of hydrogen-bond donors (Lipinski definition) is 1. The van der Waals surface area contributed by atoms with Crippen LogP contribution in [0, 0.1) is 0 Å². The summed E-state index contributed by atoms with van der Waals surface area (Å²) in [7, 11) is 0. The molecule has 3 aromatic rings. The summed E-state index contributed by atoms with van der Waals surface area (Å²) in [5.74, 6) is 1.62. The Bertz CT molecular complexity index is 858. The second-order valence-electron chi connectivity index (χ2n) is 6.72. The van der Waals surface area contributed by atoms with Gasteiger partial charge >= 0.3 is 0 Å². The number of benzene rings is 2. The lowest BCUT2D eigenvalue weighted by atomic mass is 10.1. The highest BCUT2D eigenvalue weighted by Gasteiger charge is 2.19. The third-order valence-electron chi connectivity index (χ3n) is 4.93. The lowest BCUT2D eigenvalue weighted by molar-refractivity contribution is 0.270. The second kappa shape index (κ2) is 8.18. The maximum absolute atomic E-state index is 4.88. The quantitative estimate of drug-likeness (QED) is 0.745. The highest BCUT2D eigenvalue weighted by Crippen LogP contribution is 2.25. The zero-order valence-electron chi connectivity index (χ0n) is 15.7. The van der Waals surface area contributed by atoms with Gasteiger partial charge in [-0.25, -0.2) is 4.98 Å². The Hall–Kier alpha value is -2.92. The minimum Gasteiger partial charge on any atom is -0.340 e. The highest BCUT2D eigenvalue weighted by atomic mass is 15.3. The molecule has 138 valence electrons. The molecule has 27 heavy (non-hydrogen) atoms. The number of aromatic nitrogens is 2. The fourth-order valence-electron chi connectivity index (χ4n) is 3.33. The van der Waals surface area contributed by atoms with Gasteiger partial charge in [0.05, 0.1) is 5.69 Å². The molecule has 5 nitrogen and oxygen atoms in total. The van der Waals surface area contributed by atoms with E-state index in [1.807, 2.05) is 54.6 Å². The van der Waals surface area contributed by atoms with Gasteiger partial charge in [0.15, 0.2) is 0 Å². The second-order valence-corrected chi connectivity index (χ2v) is 6.72. The van der Waals surface area contributed by atoms with E-state index in [-0.39, 0.29) is 0 Å². The molecule has 0 aliphatic carbocycles. The molecular formula is C22H25N5. The van der Waals surface area contributed by atoms with Crippen LogP contribution < -0.4 is 10.2 Å². The normalized spacial score (nSPS) is 14.9. The number of nitrogens with zero attached hydrogens (tertiary/aromatic N) is 4. The van der Waals surface area contributed by atoms with Crippen LogP contribution in [-0.2, 0) is 0 Å². The van der Waals surface area contributed by atoms with E-state index < -0.39 is 0 Å². The molecule has 0 bridgehead atoms. The molecule has 1 saturated heterocycles. The number of likely N-dealkylation sites (N-methyl/N-ethyl adjacent to an activating group) is 1. The molecule has 0 saturated carbocycles. The van der Waals surface area contributed by atoms with E-state index >= 15 is 0 Å². The van der Waals surface area contributed by atoms with E-state index in [9.17, 15) is 0 Å². The summed E-state index contributed by atoms with van der Waals surface area (Å²) >= 11 is 0. The fourth-order valence-corrected chi connectivity index (χ4v) is 3.33. The van der Waals surface area contributed by atoms with Crippen LogP contribution in [0.4, 0.5) is 17.5 Å². The van der Waals surface area contributed by atoms with Crippen LogP contribution in [0.2, 0.25) is 0 Å². The summed E-state index contributed by atoms with van der Waals surface area (Å²) in [6.45, 7) is 7.32. The highest BCUT2D eigenvalue weighted by molar-refractivity contribution is 5.67. The Kier molecular flexibility index (Phi) is 5.30. The van der Waals surface area contributed by atoms with Crippen LogP contribution in [0.1, 0.15) is 6.92 Å². The van der Waals surface area contributed by atoms with Gasteiger partial charge in [0, 0.05) is 43.5 Å². The van der Waals surface area contributed by atoms with Gasteiger partial charge in [-0.2, -0.15) is 4.98 Å². The maximum atomic E-state index is 4.88. The molecule has 1 fully saturated rings. The van der Waals surface area contributed by atoms with Crippen LogP contribution in [0.15, 0.2) is 66.7 Å². The summed E-state index contributed by atoms with van der Waals surface area (Å²) in [6, 6.07) is 22.5.